The van der Waals surface area contributed by atoms with Crippen molar-refractivity contribution in [3.8, 4) is 0 Å². The molecule has 8 N–H and O–H groups in total. The lowest BCUT2D eigenvalue weighted by molar-refractivity contribution is -0.317. The van der Waals surface area contributed by atoms with Gasteiger partial charge in [0, 0.05) is 43.9 Å². The van der Waals surface area contributed by atoms with Crippen LogP contribution in [0.15, 0.2) is 5.16 Å². The molecule has 3 heterocycles. The fraction of sp³-hybridized carbons (Fsp3) is 0.956. The standard InChI is InChI=1S/C45H86N4O13/c1-14-33-45(10,55)38(51)28(4)35(48-57-22-21-47-20-18-16-15-17-19-46)26(2)24-43(8,54)40(62-42-36(50)32(49(11)12)23-27(3)58-42)29(5)37(30(6)41(53)60-33)61-34-25-44(9,56-13)39(52)31(7)59-34/h26-34,36-40,42,47,50-52,54-55H,14-25,46H2,1-13H3/b48-35+/t26-,27-,28+,29+,30-,31+,32+,33-,34+,36-,37+,38-,39+,40-,42+,43-,44-,45-/m1/s1. The number of ether oxygens (including phenoxy) is 6. The fourth-order valence-corrected chi connectivity index (χ4v) is 9.70. The quantitative estimate of drug-likeness (QED) is 0.0632. The van der Waals surface area contributed by atoms with Crippen LogP contribution in [0.25, 0.3) is 0 Å². The molecule has 0 radical (unpaired) electrons. The second kappa shape index (κ2) is 24.3. The molecule has 0 bridgehead atoms. The van der Waals surface area contributed by atoms with Crippen LogP contribution in [0.1, 0.15) is 121 Å². The Morgan fingerprint density at radius 3 is 2.18 bits per heavy atom. The number of methoxy groups -OCH3 is 1. The zero-order valence-corrected chi connectivity index (χ0v) is 40.1. The molecule has 0 saturated carbocycles. The number of nitrogens with one attached hydrogen (secondary N) is 1. The van der Waals surface area contributed by atoms with Crippen molar-refractivity contribution in [3.05, 3.63) is 0 Å². The molecule has 3 rings (SSSR count). The first-order chi connectivity index (χ1) is 29.0. The number of aliphatic hydroxyl groups excluding tert-OH is 3. The highest BCUT2D eigenvalue weighted by Crippen LogP contribution is 2.41. The molecular weight excluding hydrogens is 805 g/mol. The third-order valence-corrected chi connectivity index (χ3v) is 13.7. The zero-order valence-electron chi connectivity index (χ0n) is 40.1. The van der Waals surface area contributed by atoms with Gasteiger partial charge >= 0.3 is 5.97 Å². The highest BCUT2D eigenvalue weighted by atomic mass is 16.7. The first-order valence-corrected chi connectivity index (χ1v) is 23.1. The highest BCUT2D eigenvalue weighted by molar-refractivity contribution is 5.88. The summed E-state index contributed by atoms with van der Waals surface area (Å²) >= 11 is 0. The summed E-state index contributed by atoms with van der Waals surface area (Å²) in [6.45, 7) is 19.5. The number of cyclic esters (lactones) is 1. The average Bonchev–Trinajstić information content (AvgIpc) is 3.21. The summed E-state index contributed by atoms with van der Waals surface area (Å²) < 4.78 is 37.9. The van der Waals surface area contributed by atoms with Crippen molar-refractivity contribution in [2.24, 2.45) is 34.6 Å². The Kier molecular flexibility index (Phi) is 21.4. The molecule has 3 aliphatic rings. The van der Waals surface area contributed by atoms with E-state index in [9.17, 15) is 30.3 Å². The summed E-state index contributed by atoms with van der Waals surface area (Å²) in [7, 11) is 5.25. The Labute approximate surface area is 371 Å². The Hall–Kier alpha value is -1.58. The van der Waals surface area contributed by atoms with Crippen molar-refractivity contribution < 1.29 is 63.6 Å². The number of unbranched alkanes of at least 4 members (excludes halogenated alkanes) is 3. The minimum Gasteiger partial charge on any atom is -0.459 e. The summed E-state index contributed by atoms with van der Waals surface area (Å²) in [5.74, 6) is -4.00. The maximum absolute atomic E-state index is 14.4. The monoisotopic (exact) mass is 891 g/mol. The Morgan fingerprint density at radius 1 is 0.903 bits per heavy atom. The summed E-state index contributed by atoms with van der Waals surface area (Å²) in [6.07, 6.45) is -5.10. The number of rotatable bonds is 17. The maximum Gasteiger partial charge on any atom is 0.311 e. The van der Waals surface area contributed by atoms with Gasteiger partial charge in [-0.15, -0.1) is 0 Å². The Morgan fingerprint density at radius 2 is 1.56 bits per heavy atom. The van der Waals surface area contributed by atoms with Crippen molar-refractivity contribution in [1.82, 2.24) is 10.2 Å². The molecule has 3 saturated heterocycles. The van der Waals surface area contributed by atoms with Crippen LogP contribution in [0.2, 0.25) is 0 Å². The van der Waals surface area contributed by atoms with Gasteiger partial charge in [0.2, 0.25) is 0 Å². The molecule has 0 aromatic heterocycles. The highest BCUT2D eigenvalue weighted by Gasteiger charge is 2.53. The summed E-state index contributed by atoms with van der Waals surface area (Å²) in [5.41, 5.74) is 1.25. The molecule has 364 valence electrons. The van der Waals surface area contributed by atoms with Crippen LogP contribution in [0.3, 0.4) is 0 Å². The first-order valence-electron chi connectivity index (χ1n) is 23.1. The van der Waals surface area contributed by atoms with Gasteiger partial charge in [-0.3, -0.25) is 4.79 Å². The lowest BCUT2D eigenvalue weighted by atomic mass is 9.73. The van der Waals surface area contributed by atoms with E-state index in [1.54, 1.807) is 48.5 Å². The van der Waals surface area contributed by atoms with Gasteiger partial charge in [0.05, 0.1) is 53.4 Å². The van der Waals surface area contributed by atoms with Gasteiger partial charge in [0.1, 0.15) is 30.5 Å². The SMILES string of the molecule is CC[C@H]1OC(=O)[C@H](C)[C@@H](O[C@H]2C[C@@](C)(OC)[C@@H](O)[C@H](C)O2)[C@H](C)[C@@H](O[C@@H]2O[C@H](C)C[C@H](N(C)C)[C@H]2O)[C@](C)(O)C[C@@H](C)/C(=N\OCCNCCCCCCN)[C@H](C)[C@@H](O)[C@]1(C)O. The van der Waals surface area contributed by atoms with Gasteiger partial charge in [-0.25, -0.2) is 0 Å². The second-order valence-corrected chi connectivity index (χ2v) is 19.4. The molecule has 3 aliphatic heterocycles. The van der Waals surface area contributed by atoms with Crippen LogP contribution < -0.4 is 11.1 Å². The molecule has 0 unspecified atom stereocenters. The largest absolute Gasteiger partial charge is 0.459 e. The number of hydrogen-bond donors (Lipinski definition) is 7. The van der Waals surface area contributed by atoms with Gasteiger partial charge in [-0.2, -0.15) is 0 Å². The molecule has 0 amide bonds. The van der Waals surface area contributed by atoms with Crippen LogP contribution in [0.5, 0.6) is 0 Å². The lowest BCUT2D eigenvalue weighted by Gasteiger charge is -2.49. The van der Waals surface area contributed by atoms with Gasteiger partial charge in [-0.1, -0.05) is 45.7 Å². The smallest absolute Gasteiger partial charge is 0.311 e. The summed E-state index contributed by atoms with van der Waals surface area (Å²) in [6, 6.07) is -0.319. The minimum atomic E-state index is -1.94. The van der Waals surface area contributed by atoms with Crippen molar-refractivity contribution in [2.75, 3.05) is 47.4 Å². The van der Waals surface area contributed by atoms with Gasteiger partial charge in [0.15, 0.2) is 12.6 Å². The number of carbonyl (C=O) groups excluding carboxylic acids is 1. The van der Waals surface area contributed by atoms with Crippen molar-refractivity contribution in [1.29, 1.82) is 0 Å². The van der Waals surface area contributed by atoms with E-state index in [1.807, 2.05) is 32.8 Å². The zero-order chi connectivity index (χ0) is 46.7. The number of likely N-dealkylation sites (N-methyl/N-ethyl adjacent to an activating group) is 1. The first kappa shape index (κ1) is 54.8. The maximum atomic E-state index is 14.4. The number of carbonyl (C=O) groups is 1. The van der Waals surface area contributed by atoms with Crippen molar-refractivity contribution in [3.63, 3.8) is 0 Å². The topological polar surface area (TPSA) is 236 Å². The van der Waals surface area contributed by atoms with E-state index in [-0.39, 0.29) is 38.0 Å². The third kappa shape index (κ3) is 14.0. The lowest BCUT2D eigenvalue weighted by Crippen LogP contribution is -2.61. The van der Waals surface area contributed by atoms with Gasteiger partial charge < -0.3 is 74.7 Å². The number of nitrogens with zero attached hydrogens (tertiary/aromatic N) is 2. The Balaban J connectivity index is 2.14. The molecule has 0 spiro atoms. The summed E-state index contributed by atoms with van der Waals surface area (Å²) in [5, 5.41) is 67.5. The molecule has 0 aromatic carbocycles. The number of nitrogens with two attached hydrogens (primary N) is 1. The van der Waals surface area contributed by atoms with Crippen molar-refractivity contribution >= 4 is 11.7 Å². The molecule has 0 aromatic rings. The molecule has 3 fully saturated rings. The van der Waals surface area contributed by atoms with Crippen LogP contribution in [0.4, 0.5) is 0 Å². The van der Waals surface area contributed by atoms with Crippen LogP contribution >= 0.6 is 0 Å². The number of oxime groups is 1. The Bertz CT molecular complexity index is 1370. The number of hydrogen-bond acceptors (Lipinski definition) is 17. The number of aliphatic hydroxyl groups is 5. The van der Waals surface area contributed by atoms with E-state index in [0.717, 1.165) is 32.2 Å². The van der Waals surface area contributed by atoms with Gasteiger partial charge in [0.25, 0.3) is 0 Å². The fourth-order valence-electron chi connectivity index (χ4n) is 9.70. The molecule has 62 heavy (non-hydrogen) atoms. The van der Waals surface area contributed by atoms with E-state index in [4.69, 9.17) is 39.0 Å². The molecule has 0 aliphatic carbocycles. The second-order valence-electron chi connectivity index (χ2n) is 19.4. The normalized spacial score (nSPS) is 43.6. The van der Waals surface area contributed by atoms with E-state index in [1.165, 1.54) is 14.0 Å². The summed E-state index contributed by atoms with van der Waals surface area (Å²) in [4.78, 5) is 22.2. The molecule has 17 heteroatoms. The predicted molar refractivity (Wildman–Crippen MR) is 235 cm³/mol. The van der Waals surface area contributed by atoms with Crippen LogP contribution in [0, 0.1) is 23.7 Å². The predicted octanol–water partition coefficient (Wildman–Crippen LogP) is 2.70. The third-order valence-electron chi connectivity index (χ3n) is 13.7. The molecule has 17 nitrogen and oxygen atoms in total. The van der Waals surface area contributed by atoms with E-state index >= 15 is 0 Å². The van der Waals surface area contributed by atoms with Crippen LogP contribution in [-0.4, -0.2) is 174 Å². The molecule has 18 atom stereocenters. The van der Waals surface area contributed by atoms with Gasteiger partial charge in [-0.05, 0) is 101 Å². The van der Waals surface area contributed by atoms with E-state index < -0.39 is 102 Å². The van der Waals surface area contributed by atoms with Crippen molar-refractivity contribution in [2.45, 2.75) is 205 Å². The number of esters is 1. The molecular formula is C45H86N4O13. The van der Waals surface area contributed by atoms with E-state index in [2.05, 4.69) is 10.5 Å². The van der Waals surface area contributed by atoms with E-state index in [0.29, 0.717) is 25.2 Å². The van der Waals surface area contributed by atoms with Crippen LogP contribution in [-0.2, 0) is 38.1 Å². The average molecular weight is 891 g/mol. The minimum absolute atomic E-state index is 0.00753.